The Kier molecular flexibility index (Phi) is 4.39. The Bertz CT molecular complexity index is 522. The van der Waals surface area contributed by atoms with Gasteiger partial charge in [-0.15, -0.1) is 11.3 Å². The molecule has 0 saturated carbocycles. The van der Waals surface area contributed by atoms with Crippen LogP contribution in [0.1, 0.15) is 23.7 Å². The maximum atomic E-state index is 5.82. The van der Waals surface area contributed by atoms with E-state index in [4.69, 9.17) is 10.5 Å². The van der Waals surface area contributed by atoms with Crippen LogP contribution in [0, 0.1) is 0 Å². The number of aromatic nitrogens is 1. The molecule has 2 aromatic rings. The predicted octanol–water partition coefficient (Wildman–Crippen LogP) is 2.81. The number of anilines is 1. The summed E-state index contributed by atoms with van der Waals surface area (Å²) in [5.41, 5.74) is 8.01. The molecule has 1 atom stereocenters. The Labute approximate surface area is 117 Å². The van der Waals surface area contributed by atoms with E-state index in [1.165, 1.54) is 0 Å². The van der Waals surface area contributed by atoms with Crippen molar-refractivity contribution in [2.24, 2.45) is 5.73 Å². The van der Waals surface area contributed by atoms with Gasteiger partial charge in [0.05, 0.1) is 25.4 Å². The maximum absolute atomic E-state index is 5.82. The second kappa shape index (κ2) is 6.04. The molecule has 19 heavy (non-hydrogen) atoms. The van der Waals surface area contributed by atoms with Gasteiger partial charge in [0.1, 0.15) is 10.8 Å². The maximum Gasteiger partial charge on any atom is 0.119 e. The van der Waals surface area contributed by atoms with Crippen molar-refractivity contribution in [1.82, 2.24) is 4.98 Å². The molecule has 4 nitrogen and oxygen atoms in total. The third-order valence-corrected chi connectivity index (χ3v) is 3.97. The van der Waals surface area contributed by atoms with Gasteiger partial charge in [-0.3, -0.25) is 0 Å². The predicted molar refractivity (Wildman–Crippen MR) is 79.8 cm³/mol. The van der Waals surface area contributed by atoms with Gasteiger partial charge in [0, 0.05) is 18.1 Å². The number of benzene rings is 1. The summed E-state index contributed by atoms with van der Waals surface area (Å²) in [6.07, 6.45) is 0. The molecule has 0 fully saturated rings. The van der Waals surface area contributed by atoms with Crippen molar-refractivity contribution in [3.05, 3.63) is 40.3 Å². The monoisotopic (exact) mass is 277 g/mol. The fourth-order valence-corrected chi connectivity index (χ4v) is 2.54. The fourth-order valence-electron chi connectivity index (χ4n) is 1.78. The van der Waals surface area contributed by atoms with Gasteiger partial charge in [-0.2, -0.15) is 0 Å². The number of rotatable bonds is 5. The van der Waals surface area contributed by atoms with Crippen LogP contribution in [0.2, 0.25) is 0 Å². The van der Waals surface area contributed by atoms with E-state index < -0.39 is 0 Å². The highest BCUT2D eigenvalue weighted by Crippen LogP contribution is 2.21. The van der Waals surface area contributed by atoms with E-state index in [0.29, 0.717) is 0 Å². The second-order valence-electron chi connectivity index (χ2n) is 4.52. The minimum Gasteiger partial charge on any atom is -0.497 e. The first kappa shape index (κ1) is 13.8. The van der Waals surface area contributed by atoms with Crippen molar-refractivity contribution in [2.45, 2.75) is 19.5 Å². The van der Waals surface area contributed by atoms with E-state index in [9.17, 15) is 0 Å². The zero-order valence-electron chi connectivity index (χ0n) is 11.5. The van der Waals surface area contributed by atoms with Crippen LogP contribution in [0.3, 0.4) is 0 Å². The third kappa shape index (κ3) is 3.45. The molecule has 1 aromatic heterocycles. The summed E-state index contributed by atoms with van der Waals surface area (Å²) in [6, 6.07) is 8.00. The number of methoxy groups -OCH3 is 1. The lowest BCUT2D eigenvalue weighted by Crippen LogP contribution is -2.16. The molecule has 1 heterocycles. The summed E-state index contributed by atoms with van der Waals surface area (Å²) in [6.45, 7) is 2.73. The Morgan fingerprint density at radius 2 is 2.05 bits per heavy atom. The van der Waals surface area contributed by atoms with Crippen LogP contribution >= 0.6 is 11.3 Å². The highest BCUT2D eigenvalue weighted by Gasteiger charge is 2.08. The summed E-state index contributed by atoms with van der Waals surface area (Å²) in [5.74, 6) is 0.866. The van der Waals surface area contributed by atoms with Gasteiger partial charge in [-0.05, 0) is 31.2 Å². The van der Waals surface area contributed by atoms with Gasteiger partial charge >= 0.3 is 0 Å². The molecule has 0 saturated heterocycles. The average Bonchev–Trinajstić information content (AvgIpc) is 2.87. The number of hydrogen-bond donors (Lipinski definition) is 1. The summed E-state index contributed by atoms with van der Waals surface area (Å²) in [4.78, 5) is 6.69. The van der Waals surface area contributed by atoms with E-state index >= 15 is 0 Å². The number of nitrogens with zero attached hydrogens (tertiary/aromatic N) is 2. The first-order valence-electron chi connectivity index (χ1n) is 6.15. The Hall–Kier alpha value is -1.59. The molecule has 5 heteroatoms. The molecule has 1 aromatic carbocycles. The zero-order chi connectivity index (χ0) is 13.8. The largest absolute Gasteiger partial charge is 0.497 e. The normalized spacial score (nSPS) is 12.2. The Morgan fingerprint density at radius 3 is 2.58 bits per heavy atom. The van der Waals surface area contributed by atoms with Crippen molar-refractivity contribution in [2.75, 3.05) is 19.1 Å². The van der Waals surface area contributed by atoms with Gasteiger partial charge in [0.25, 0.3) is 0 Å². The summed E-state index contributed by atoms with van der Waals surface area (Å²) in [7, 11) is 3.72. The molecule has 0 spiro atoms. The van der Waals surface area contributed by atoms with Crippen molar-refractivity contribution in [1.29, 1.82) is 0 Å². The van der Waals surface area contributed by atoms with E-state index in [1.54, 1.807) is 18.4 Å². The molecule has 102 valence electrons. The molecule has 1 unspecified atom stereocenters. The van der Waals surface area contributed by atoms with E-state index in [0.717, 1.165) is 28.7 Å². The first-order chi connectivity index (χ1) is 9.10. The van der Waals surface area contributed by atoms with E-state index in [2.05, 4.69) is 15.3 Å². The molecule has 0 bridgehead atoms. The summed E-state index contributed by atoms with van der Waals surface area (Å²) < 4.78 is 5.15. The SMILES string of the molecule is COc1ccc(N(C)Cc2csc(C(C)N)n2)cc1. The zero-order valence-corrected chi connectivity index (χ0v) is 12.3. The Balaban J connectivity index is 2.04. The van der Waals surface area contributed by atoms with Crippen molar-refractivity contribution >= 4 is 17.0 Å². The third-order valence-electron chi connectivity index (χ3n) is 2.87. The molecular formula is C14H19N3OS. The van der Waals surface area contributed by atoms with Crippen molar-refractivity contribution in [3.8, 4) is 5.75 Å². The highest BCUT2D eigenvalue weighted by molar-refractivity contribution is 7.09. The van der Waals surface area contributed by atoms with Crippen LogP contribution in [0.25, 0.3) is 0 Å². The van der Waals surface area contributed by atoms with Gasteiger partial charge in [-0.1, -0.05) is 0 Å². The molecule has 0 amide bonds. The van der Waals surface area contributed by atoms with Gasteiger partial charge in [-0.25, -0.2) is 4.98 Å². The van der Waals surface area contributed by atoms with E-state index in [-0.39, 0.29) is 6.04 Å². The minimum atomic E-state index is 0.00467. The van der Waals surface area contributed by atoms with Crippen LogP contribution in [0.15, 0.2) is 29.6 Å². The van der Waals surface area contributed by atoms with Gasteiger partial charge in [0.15, 0.2) is 0 Å². The Morgan fingerprint density at radius 1 is 1.37 bits per heavy atom. The van der Waals surface area contributed by atoms with E-state index in [1.807, 2.05) is 38.2 Å². The molecule has 0 aliphatic rings. The van der Waals surface area contributed by atoms with Crippen LogP contribution < -0.4 is 15.4 Å². The van der Waals surface area contributed by atoms with Crippen LogP contribution in [0.5, 0.6) is 5.75 Å². The van der Waals surface area contributed by atoms with Gasteiger partial charge in [0.2, 0.25) is 0 Å². The lowest BCUT2D eigenvalue weighted by molar-refractivity contribution is 0.415. The quantitative estimate of drug-likeness (QED) is 0.913. The number of hydrogen-bond acceptors (Lipinski definition) is 5. The molecule has 0 aliphatic heterocycles. The average molecular weight is 277 g/mol. The van der Waals surface area contributed by atoms with Crippen molar-refractivity contribution in [3.63, 3.8) is 0 Å². The first-order valence-corrected chi connectivity index (χ1v) is 7.03. The smallest absolute Gasteiger partial charge is 0.119 e. The highest BCUT2D eigenvalue weighted by atomic mass is 32.1. The number of thiazole rings is 1. The lowest BCUT2D eigenvalue weighted by atomic mass is 10.2. The molecular weight excluding hydrogens is 258 g/mol. The number of nitrogens with two attached hydrogens (primary N) is 1. The standard InChI is InChI=1S/C14H19N3OS/c1-10(15)14-16-11(9-19-14)8-17(2)12-4-6-13(18-3)7-5-12/h4-7,9-10H,8,15H2,1-3H3. The second-order valence-corrected chi connectivity index (χ2v) is 5.41. The summed E-state index contributed by atoms with van der Waals surface area (Å²) >= 11 is 1.62. The summed E-state index contributed by atoms with van der Waals surface area (Å²) in [5, 5.41) is 3.05. The van der Waals surface area contributed by atoms with Crippen LogP contribution in [0.4, 0.5) is 5.69 Å². The number of ether oxygens (including phenoxy) is 1. The molecule has 2 rings (SSSR count). The molecule has 2 N–H and O–H groups in total. The molecule has 0 aliphatic carbocycles. The lowest BCUT2D eigenvalue weighted by Gasteiger charge is -2.18. The topological polar surface area (TPSA) is 51.4 Å². The fraction of sp³-hybridized carbons (Fsp3) is 0.357. The van der Waals surface area contributed by atoms with Gasteiger partial charge < -0.3 is 15.4 Å². The van der Waals surface area contributed by atoms with Crippen LogP contribution in [-0.2, 0) is 6.54 Å². The van der Waals surface area contributed by atoms with Crippen molar-refractivity contribution < 1.29 is 4.74 Å². The molecule has 0 radical (unpaired) electrons. The minimum absolute atomic E-state index is 0.00467. The van der Waals surface area contributed by atoms with Crippen LogP contribution in [-0.4, -0.2) is 19.1 Å².